The van der Waals surface area contributed by atoms with Crippen LogP contribution in [0.1, 0.15) is 40.3 Å². The van der Waals surface area contributed by atoms with Gasteiger partial charge in [-0.15, -0.1) is 0 Å². The van der Waals surface area contributed by atoms with Crippen molar-refractivity contribution in [2.45, 2.75) is 58.8 Å². The molecule has 0 spiro atoms. The number of nitrogens with zero attached hydrogens (tertiary/aromatic N) is 2. The van der Waals surface area contributed by atoms with Crippen molar-refractivity contribution in [3.8, 4) is 0 Å². The zero-order valence-corrected chi connectivity index (χ0v) is 14.0. The molecule has 0 saturated carbocycles. The summed E-state index contributed by atoms with van der Waals surface area (Å²) in [7, 11) is -3.23. The minimum absolute atomic E-state index is 0.0234. The molecule has 0 aliphatic carbocycles. The van der Waals surface area contributed by atoms with Crippen LogP contribution in [0.4, 0.5) is 0 Å². The molecule has 0 amide bonds. The Balaban J connectivity index is 2.76. The molecule has 0 aliphatic rings. The summed E-state index contributed by atoms with van der Waals surface area (Å²) < 4.78 is 27.3. The molecule has 0 aliphatic heterocycles. The Hall–Kier alpha value is -0.920. The molecule has 0 unspecified atom stereocenters. The molecule has 1 aromatic rings. The van der Waals surface area contributed by atoms with Crippen LogP contribution < -0.4 is 10.0 Å². The predicted molar refractivity (Wildman–Crippen MR) is 80.9 cm³/mol. The quantitative estimate of drug-likeness (QED) is 0.825. The van der Waals surface area contributed by atoms with Gasteiger partial charge < -0.3 is 9.88 Å². The van der Waals surface area contributed by atoms with Gasteiger partial charge in [0.15, 0.2) is 0 Å². The maximum Gasteiger partial charge on any atom is 0.209 e. The fourth-order valence-corrected chi connectivity index (χ4v) is 3.02. The van der Waals surface area contributed by atoms with Gasteiger partial charge in [0.2, 0.25) is 10.0 Å². The van der Waals surface area contributed by atoms with Gasteiger partial charge in [-0.05, 0) is 34.6 Å². The molecule has 0 radical (unpaired) electrons. The summed E-state index contributed by atoms with van der Waals surface area (Å²) in [5.74, 6) is 0. The molecule has 0 aromatic carbocycles. The Bertz CT molecular complexity index is 541. The average molecular weight is 302 g/mol. The van der Waals surface area contributed by atoms with Gasteiger partial charge in [0.25, 0.3) is 0 Å². The van der Waals surface area contributed by atoms with E-state index in [2.05, 4.69) is 35.8 Å². The SMILES string of the molecule is CC(C)(C)NCc1cncn1CC(C)(C)NS(C)(=O)=O. The second-order valence-electron chi connectivity index (χ2n) is 6.87. The summed E-state index contributed by atoms with van der Waals surface area (Å²) in [6, 6.07) is 0. The Morgan fingerprint density at radius 1 is 1.25 bits per heavy atom. The number of hydrogen-bond donors (Lipinski definition) is 2. The van der Waals surface area contributed by atoms with Crippen LogP contribution in [0, 0.1) is 0 Å². The van der Waals surface area contributed by atoms with E-state index in [-0.39, 0.29) is 5.54 Å². The fourth-order valence-electron chi connectivity index (χ4n) is 1.95. The van der Waals surface area contributed by atoms with Gasteiger partial charge in [-0.2, -0.15) is 0 Å². The highest BCUT2D eigenvalue weighted by molar-refractivity contribution is 7.88. The van der Waals surface area contributed by atoms with Crippen LogP contribution in [0.3, 0.4) is 0 Å². The summed E-state index contributed by atoms with van der Waals surface area (Å²) in [5, 5.41) is 3.40. The van der Waals surface area contributed by atoms with Gasteiger partial charge >= 0.3 is 0 Å². The van der Waals surface area contributed by atoms with E-state index in [1.165, 1.54) is 6.26 Å². The second kappa shape index (κ2) is 5.83. The summed E-state index contributed by atoms with van der Waals surface area (Å²) >= 11 is 0. The van der Waals surface area contributed by atoms with E-state index >= 15 is 0 Å². The molecule has 116 valence electrons. The van der Waals surface area contributed by atoms with Crippen molar-refractivity contribution in [1.82, 2.24) is 19.6 Å². The molecule has 0 fully saturated rings. The van der Waals surface area contributed by atoms with Crippen molar-refractivity contribution in [1.29, 1.82) is 0 Å². The molecule has 1 heterocycles. The third-order valence-electron chi connectivity index (χ3n) is 2.63. The molecule has 0 bridgehead atoms. The Labute approximate surface area is 122 Å². The van der Waals surface area contributed by atoms with E-state index in [1.54, 1.807) is 12.5 Å². The molecule has 7 heteroatoms. The zero-order chi connectivity index (χ0) is 15.6. The summed E-state index contributed by atoms with van der Waals surface area (Å²) in [6.07, 6.45) is 4.70. The Kier molecular flexibility index (Phi) is 4.99. The van der Waals surface area contributed by atoms with Crippen LogP contribution in [-0.2, 0) is 23.1 Å². The first-order chi connectivity index (χ1) is 8.88. The number of aromatic nitrogens is 2. The van der Waals surface area contributed by atoms with Gasteiger partial charge in [-0.25, -0.2) is 18.1 Å². The highest BCUT2D eigenvalue weighted by Gasteiger charge is 2.23. The molecule has 2 N–H and O–H groups in total. The van der Waals surface area contributed by atoms with Crippen molar-refractivity contribution in [3.63, 3.8) is 0 Å². The first-order valence-electron chi connectivity index (χ1n) is 6.61. The normalized spacial score (nSPS) is 13.7. The first-order valence-corrected chi connectivity index (χ1v) is 8.50. The van der Waals surface area contributed by atoms with Crippen LogP contribution in [0.5, 0.6) is 0 Å². The lowest BCUT2D eigenvalue weighted by atomic mass is 10.1. The lowest BCUT2D eigenvalue weighted by Gasteiger charge is -2.27. The van der Waals surface area contributed by atoms with Crippen molar-refractivity contribution in [2.75, 3.05) is 6.26 Å². The fraction of sp³-hybridized carbons (Fsp3) is 0.769. The van der Waals surface area contributed by atoms with Crippen molar-refractivity contribution in [2.24, 2.45) is 0 Å². The molecule has 20 heavy (non-hydrogen) atoms. The maximum atomic E-state index is 11.4. The smallest absolute Gasteiger partial charge is 0.209 e. The molecule has 6 nitrogen and oxygen atoms in total. The third-order valence-corrected chi connectivity index (χ3v) is 3.55. The molecule has 1 aromatic heterocycles. The van der Waals surface area contributed by atoms with E-state index in [9.17, 15) is 8.42 Å². The lowest BCUT2D eigenvalue weighted by Crippen LogP contribution is -2.46. The van der Waals surface area contributed by atoms with E-state index in [0.717, 1.165) is 5.69 Å². The van der Waals surface area contributed by atoms with E-state index in [4.69, 9.17) is 0 Å². The second-order valence-corrected chi connectivity index (χ2v) is 8.62. The standard InChI is InChI=1S/C13H26N4O2S/c1-12(2,3)15-8-11-7-14-10-17(11)9-13(4,5)16-20(6,18)19/h7,10,15-16H,8-9H2,1-6H3. The maximum absolute atomic E-state index is 11.4. The largest absolute Gasteiger partial charge is 0.332 e. The van der Waals surface area contributed by atoms with E-state index in [1.807, 2.05) is 18.4 Å². The van der Waals surface area contributed by atoms with Gasteiger partial charge in [-0.1, -0.05) is 0 Å². The highest BCUT2D eigenvalue weighted by atomic mass is 32.2. The van der Waals surface area contributed by atoms with Crippen molar-refractivity contribution in [3.05, 3.63) is 18.2 Å². The van der Waals surface area contributed by atoms with Crippen LogP contribution in [0.2, 0.25) is 0 Å². The van der Waals surface area contributed by atoms with Gasteiger partial charge in [0.1, 0.15) is 0 Å². The number of sulfonamides is 1. The minimum atomic E-state index is -3.23. The number of hydrogen-bond acceptors (Lipinski definition) is 4. The third kappa shape index (κ3) is 6.49. The van der Waals surface area contributed by atoms with Gasteiger partial charge in [0, 0.05) is 30.4 Å². The molecule has 1 rings (SSSR count). The predicted octanol–water partition coefficient (Wildman–Crippen LogP) is 1.10. The lowest BCUT2D eigenvalue weighted by molar-refractivity contribution is 0.373. The molecular formula is C13H26N4O2S. The summed E-state index contributed by atoms with van der Waals surface area (Å²) in [5.41, 5.74) is 0.490. The first kappa shape index (κ1) is 17.1. The van der Waals surface area contributed by atoms with Crippen LogP contribution in [0.25, 0.3) is 0 Å². The summed E-state index contributed by atoms with van der Waals surface area (Å²) in [4.78, 5) is 4.15. The van der Waals surface area contributed by atoms with Crippen LogP contribution >= 0.6 is 0 Å². The highest BCUT2D eigenvalue weighted by Crippen LogP contribution is 2.11. The number of rotatable bonds is 6. The van der Waals surface area contributed by atoms with E-state index in [0.29, 0.717) is 13.1 Å². The van der Waals surface area contributed by atoms with Crippen LogP contribution in [-0.4, -0.2) is 35.3 Å². The van der Waals surface area contributed by atoms with Gasteiger partial charge in [0.05, 0.1) is 18.3 Å². The van der Waals surface area contributed by atoms with Crippen LogP contribution in [0.15, 0.2) is 12.5 Å². The van der Waals surface area contributed by atoms with Crippen molar-refractivity contribution < 1.29 is 8.42 Å². The van der Waals surface area contributed by atoms with Gasteiger partial charge in [-0.3, -0.25) is 0 Å². The topological polar surface area (TPSA) is 76.0 Å². The summed E-state index contributed by atoms with van der Waals surface area (Å²) in [6.45, 7) is 11.2. The number of nitrogens with one attached hydrogen (secondary N) is 2. The molecule has 0 atom stereocenters. The minimum Gasteiger partial charge on any atom is -0.332 e. The van der Waals surface area contributed by atoms with E-state index < -0.39 is 15.6 Å². The van der Waals surface area contributed by atoms with Crippen molar-refractivity contribution >= 4 is 10.0 Å². The molecule has 0 saturated heterocycles. The monoisotopic (exact) mass is 302 g/mol. The number of imidazole rings is 1. The molecular weight excluding hydrogens is 276 g/mol. The average Bonchev–Trinajstić information content (AvgIpc) is 2.56. The Morgan fingerprint density at radius 3 is 2.35 bits per heavy atom. The Morgan fingerprint density at radius 2 is 1.85 bits per heavy atom. The zero-order valence-electron chi connectivity index (χ0n) is 13.2.